The van der Waals surface area contributed by atoms with Crippen LogP contribution in [0.5, 0.6) is 5.75 Å². The Bertz CT molecular complexity index is 820. The van der Waals surface area contributed by atoms with Crippen LogP contribution >= 0.6 is 0 Å². The second kappa shape index (κ2) is 10.5. The van der Waals surface area contributed by atoms with Gasteiger partial charge in [0, 0.05) is 19.3 Å². The van der Waals surface area contributed by atoms with Crippen molar-refractivity contribution in [1.82, 2.24) is 14.7 Å². The monoisotopic (exact) mass is 423 g/mol. The van der Waals surface area contributed by atoms with Gasteiger partial charge in [-0.2, -0.15) is 18.3 Å². The van der Waals surface area contributed by atoms with Crippen LogP contribution in [-0.4, -0.2) is 40.3 Å². The average Bonchev–Trinajstić information content (AvgIpc) is 3.18. The van der Waals surface area contributed by atoms with Gasteiger partial charge in [-0.25, -0.2) is 0 Å². The molecule has 0 spiro atoms. The first-order chi connectivity index (χ1) is 14.4. The van der Waals surface area contributed by atoms with Crippen molar-refractivity contribution in [2.24, 2.45) is 0 Å². The fourth-order valence-electron chi connectivity index (χ4n) is 3.63. The Morgan fingerprint density at radius 2 is 1.77 bits per heavy atom. The van der Waals surface area contributed by atoms with Gasteiger partial charge in [-0.05, 0) is 37.3 Å². The molecule has 0 saturated carbocycles. The molecule has 8 heteroatoms. The maximum atomic E-state index is 12.8. The molecule has 0 fully saturated rings. The van der Waals surface area contributed by atoms with Crippen LogP contribution in [0.15, 0.2) is 36.7 Å². The standard InChI is InChI=1S/C22H28F3N3O2/c23-22(24,25)19-15-26-28(16-19)17-21(29)27-12-7-3-1-2-4-9-18-10-5-6-11-20(18)30-14-8-13-27/h5-6,10-11,15-16H,1-4,7-9,12-14,17H2. The van der Waals surface area contributed by atoms with Crippen molar-refractivity contribution < 1.29 is 22.7 Å². The number of amides is 1. The van der Waals surface area contributed by atoms with E-state index in [4.69, 9.17) is 4.74 Å². The van der Waals surface area contributed by atoms with Gasteiger partial charge in [0.15, 0.2) is 0 Å². The van der Waals surface area contributed by atoms with Crippen molar-refractivity contribution in [2.45, 2.75) is 57.7 Å². The largest absolute Gasteiger partial charge is 0.493 e. The topological polar surface area (TPSA) is 47.4 Å². The Kier molecular flexibility index (Phi) is 7.76. The van der Waals surface area contributed by atoms with Gasteiger partial charge in [-0.1, -0.05) is 37.5 Å². The second-order valence-corrected chi connectivity index (χ2v) is 7.63. The van der Waals surface area contributed by atoms with Crippen LogP contribution in [0.25, 0.3) is 0 Å². The van der Waals surface area contributed by atoms with Crippen LogP contribution in [0, 0.1) is 0 Å². The number of carbonyl (C=O) groups excluding carboxylic acids is 1. The van der Waals surface area contributed by atoms with Gasteiger partial charge >= 0.3 is 6.18 Å². The molecule has 5 nitrogen and oxygen atoms in total. The maximum Gasteiger partial charge on any atom is 0.419 e. The zero-order valence-electron chi connectivity index (χ0n) is 17.0. The van der Waals surface area contributed by atoms with E-state index in [9.17, 15) is 18.0 Å². The van der Waals surface area contributed by atoms with Crippen LogP contribution < -0.4 is 4.74 Å². The number of rotatable bonds is 2. The zero-order valence-corrected chi connectivity index (χ0v) is 17.0. The normalized spacial score (nSPS) is 17.0. The molecule has 1 aromatic carbocycles. The molecule has 0 bridgehead atoms. The van der Waals surface area contributed by atoms with Crippen LogP contribution in [-0.2, 0) is 23.9 Å². The van der Waals surface area contributed by atoms with Crippen LogP contribution in [0.1, 0.15) is 49.7 Å². The molecule has 30 heavy (non-hydrogen) atoms. The number of ether oxygens (including phenoxy) is 1. The second-order valence-electron chi connectivity index (χ2n) is 7.63. The van der Waals surface area contributed by atoms with Crippen molar-refractivity contribution >= 4 is 5.91 Å². The number of hydrogen-bond acceptors (Lipinski definition) is 3. The Hall–Kier alpha value is -2.51. The summed E-state index contributed by atoms with van der Waals surface area (Å²) in [7, 11) is 0. The lowest BCUT2D eigenvalue weighted by Gasteiger charge is -2.23. The molecule has 164 valence electrons. The summed E-state index contributed by atoms with van der Waals surface area (Å²) >= 11 is 0. The molecule has 0 radical (unpaired) electrons. The number of nitrogens with zero attached hydrogens (tertiary/aromatic N) is 3. The molecule has 2 aromatic rings. The van der Waals surface area contributed by atoms with Crippen molar-refractivity contribution in [1.29, 1.82) is 0 Å². The number of halogens is 3. The minimum atomic E-state index is -4.46. The minimum Gasteiger partial charge on any atom is -0.493 e. The Balaban J connectivity index is 1.60. The molecule has 0 atom stereocenters. The van der Waals surface area contributed by atoms with E-state index in [1.165, 1.54) is 5.56 Å². The summed E-state index contributed by atoms with van der Waals surface area (Å²) in [5.74, 6) is 0.669. The van der Waals surface area contributed by atoms with E-state index < -0.39 is 11.7 Å². The van der Waals surface area contributed by atoms with Crippen LogP contribution in [0.4, 0.5) is 13.2 Å². The zero-order chi connectivity index (χ0) is 21.4. The summed E-state index contributed by atoms with van der Waals surface area (Å²) in [6.07, 6.45) is 4.07. The first kappa shape index (κ1) is 22.2. The van der Waals surface area contributed by atoms with Gasteiger partial charge in [0.25, 0.3) is 0 Å². The molecule has 1 aromatic heterocycles. The number of carbonyl (C=O) groups is 1. The van der Waals surface area contributed by atoms with E-state index in [0.29, 0.717) is 26.1 Å². The molecular weight excluding hydrogens is 395 g/mol. The lowest BCUT2D eigenvalue weighted by Crippen LogP contribution is -2.36. The molecule has 0 aliphatic carbocycles. The van der Waals surface area contributed by atoms with E-state index in [1.54, 1.807) is 4.90 Å². The van der Waals surface area contributed by atoms with Gasteiger partial charge in [-0.3, -0.25) is 9.48 Å². The fourth-order valence-corrected chi connectivity index (χ4v) is 3.63. The SMILES string of the molecule is O=C(Cn1cc(C(F)(F)F)cn1)N1CCCCCCCc2ccccc2OCCC1. The molecule has 1 aliphatic rings. The highest BCUT2D eigenvalue weighted by Gasteiger charge is 2.32. The molecule has 0 N–H and O–H groups in total. The number of aryl methyl sites for hydroxylation is 1. The van der Waals surface area contributed by atoms with Crippen molar-refractivity contribution in [3.63, 3.8) is 0 Å². The minimum absolute atomic E-state index is 0.195. The summed E-state index contributed by atoms with van der Waals surface area (Å²) in [5.41, 5.74) is 0.366. The number of fused-ring (bicyclic) bond motifs is 1. The van der Waals surface area contributed by atoms with Gasteiger partial charge in [0.2, 0.25) is 5.91 Å². The Morgan fingerprint density at radius 3 is 2.57 bits per heavy atom. The molecule has 0 saturated heterocycles. The fraction of sp³-hybridized carbons (Fsp3) is 0.545. The van der Waals surface area contributed by atoms with Crippen LogP contribution in [0.2, 0.25) is 0 Å². The van der Waals surface area contributed by atoms with E-state index in [1.807, 2.05) is 18.2 Å². The predicted octanol–water partition coefficient (Wildman–Crippen LogP) is 4.71. The smallest absolute Gasteiger partial charge is 0.419 e. The Morgan fingerprint density at radius 1 is 1.03 bits per heavy atom. The summed E-state index contributed by atoms with van der Waals surface area (Å²) in [4.78, 5) is 14.4. The van der Waals surface area contributed by atoms with Crippen molar-refractivity contribution in [2.75, 3.05) is 19.7 Å². The number of hydrogen-bond donors (Lipinski definition) is 0. The molecular formula is C22H28F3N3O2. The third-order valence-electron chi connectivity index (χ3n) is 5.29. The van der Waals surface area contributed by atoms with Crippen molar-refractivity contribution in [3.8, 4) is 5.75 Å². The van der Waals surface area contributed by atoms with E-state index in [0.717, 1.165) is 61.3 Å². The van der Waals surface area contributed by atoms with Crippen molar-refractivity contribution in [3.05, 3.63) is 47.8 Å². The molecule has 1 aliphatic heterocycles. The van der Waals surface area contributed by atoms with Gasteiger partial charge in [0.1, 0.15) is 12.3 Å². The Labute approximate surface area is 174 Å². The third-order valence-corrected chi connectivity index (χ3v) is 5.29. The lowest BCUT2D eigenvalue weighted by molar-refractivity contribution is -0.138. The highest BCUT2D eigenvalue weighted by Crippen LogP contribution is 2.28. The van der Waals surface area contributed by atoms with E-state index in [2.05, 4.69) is 11.2 Å². The molecule has 0 unspecified atom stereocenters. The molecule has 3 rings (SSSR count). The van der Waals surface area contributed by atoms with Gasteiger partial charge in [0.05, 0.1) is 18.4 Å². The summed E-state index contributed by atoms with van der Waals surface area (Å²) in [6.45, 7) is 1.40. The lowest BCUT2D eigenvalue weighted by atomic mass is 10.0. The first-order valence-corrected chi connectivity index (χ1v) is 10.5. The number of aromatic nitrogens is 2. The summed E-state index contributed by atoms with van der Waals surface area (Å²) < 4.78 is 45.3. The number of para-hydroxylation sites is 1. The third kappa shape index (κ3) is 6.50. The maximum absolute atomic E-state index is 12.8. The van der Waals surface area contributed by atoms with E-state index in [-0.39, 0.29) is 12.5 Å². The summed E-state index contributed by atoms with van der Waals surface area (Å²) in [6, 6.07) is 8.04. The molecule has 2 heterocycles. The van der Waals surface area contributed by atoms with E-state index >= 15 is 0 Å². The van der Waals surface area contributed by atoms with Crippen LogP contribution in [0.3, 0.4) is 0 Å². The average molecular weight is 423 g/mol. The number of alkyl halides is 3. The first-order valence-electron chi connectivity index (χ1n) is 10.5. The number of benzene rings is 1. The predicted molar refractivity (Wildman–Crippen MR) is 107 cm³/mol. The van der Waals surface area contributed by atoms with Gasteiger partial charge in [-0.15, -0.1) is 0 Å². The quantitative estimate of drug-likeness (QED) is 0.703. The van der Waals surface area contributed by atoms with Gasteiger partial charge < -0.3 is 9.64 Å². The molecule has 1 amide bonds. The highest BCUT2D eigenvalue weighted by molar-refractivity contribution is 5.75. The highest BCUT2D eigenvalue weighted by atomic mass is 19.4. The summed E-state index contributed by atoms with van der Waals surface area (Å²) in [5, 5.41) is 3.69.